The van der Waals surface area contributed by atoms with Crippen molar-refractivity contribution in [2.45, 2.75) is 19.3 Å². The highest BCUT2D eigenvalue weighted by Gasteiger charge is 2.11. The van der Waals surface area contributed by atoms with Gasteiger partial charge < -0.3 is 16.0 Å². The summed E-state index contributed by atoms with van der Waals surface area (Å²) in [5.74, 6) is -0.279. The summed E-state index contributed by atoms with van der Waals surface area (Å²) >= 11 is 0. The number of nitrogens with zero attached hydrogens (tertiary/aromatic N) is 2. The van der Waals surface area contributed by atoms with Gasteiger partial charge in [-0.2, -0.15) is 0 Å². The molecule has 0 unspecified atom stereocenters. The van der Waals surface area contributed by atoms with Gasteiger partial charge in [0, 0.05) is 44.0 Å². The Morgan fingerprint density at radius 2 is 1.88 bits per heavy atom. The minimum Gasteiger partial charge on any atom is -0.399 e. The number of hydrogen-bond donors (Lipinski definition) is 2. The smallest absolute Gasteiger partial charge is 0.241 e. The van der Waals surface area contributed by atoms with Crippen molar-refractivity contribution in [2.75, 3.05) is 25.9 Å². The zero-order valence-electron chi connectivity index (χ0n) is 14.4. The van der Waals surface area contributed by atoms with Crippen molar-refractivity contribution in [2.24, 2.45) is 0 Å². The molecule has 2 amide bonds. The molecular weight excluding hydrogens is 316 g/mol. The fraction of sp³-hybridized carbons (Fsp3) is 0.316. The first-order valence-electron chi connectivity index (χ1n) is 8.30. The molecule has 6 nitrogen and oxygen atoms in total. The molecule has 132 valence electrons. The number of carbonyl (C=O) groups excluding carboxylic acids is 2. The van der Waals surface area contributed by atoms with E-state index >= 15 is 0 Å². The molecular formula is C19H24N4O2. The van der Waals surface area contributed by atoms with E-state index in [0.717, 1.165) is 11.3 Å². The standard InChI is InChI=1S/C19H24N4O2/c1-23(13-11-16-7-4-5-12-21-16)19(25)14-22-18(24)10-9-15-6-2-3-8-17(15)20/h2-8,12H,9-11,13-14,20H2,1H3,(H,22,24). The van der Waals surface area contributed by atoms with E-state index in [0.29, 0.717) is 31.5 Å². The number of likely N-dealkylation sites (N-methyl/N-ethyl adjacent to an activating group) is 1. The van der Waals surface area contributed by atoms with Gasteiger partial charge in [0.15, 0.2) is 0 Å². The third-order valence-electron chi connectivity index (χ3n) is 3.97. The molecule has 2 aromatic rings. The van der Waals surface area contributed by atoms with E-state index in [-0.39, 0.29) is 18.4 Å². The third-order valence-corrected chi connectivity index (χ3v) is 3.97. The molecule has 0 saturated carbocycles. The number of nitrogen functional groups attached to an aromatic ring is 1. The van der Waals surface area contributed by atoms with Crippen LogP contribution in [0.2, 0.25) is 0 Å². The van der Waals surface area contributed by atoms with Crippen LogP contribution in [0.1, 0.15) is 17.7 Å². The number of anilines is 1. The average Bonchev–Trinajstić information content (AvgIpc) is 2.64. The van der Waals surface area contributed by atoms with Crippen molar-refractivity contribution in [3.05, 3.63) is 59.9 Å². The summed E-state index contributed by atoms with van der Waals surface area (Å²) in [4.78, 5) is 29.8. The summed E-state index contributed by atoms with van der Waals surface area (Å²) in [5.41, 5.74) is 8.41. The van der Waals surface area contributed by atoms with Crippen molar-refractivity contribution < 1.29 is 9.59 Å². The zero-order chi connectivity index (χ0) is 18.1. The van der Waals surface area contributed by atoms with Gasteiger partial charge in [0.1, 0.15) is 0 Å². The van der Waals surface area contributed by atoms with Gasteiger partial charge in [-0.05, 0) is 30.2 Å². The third kappa shape index (κ3) is 6.25. The largest absolute Gasteiger partial charge is 0.399 e. The van der Waals surface area contributed by atoms with Crippen molar-refractivity contribution in [3.8, 4) is 0 Å². The van der Waals surface area contributed by atoms with Crippen LogP contribution < -0.4 is 11.1 Å². The number of pyridine rings is 1. The lowest BCUT2D eigenvalue weighted by atomic mass is 10.1. The molecule has 1 heterocycles. The Bertz CT molecular complexity index is 704. The zero-order valence-corrected chi connectivity index (χ0v) is 14.4. The molecule has 1 aromatic carbocycles. The number of hydrogen-bond acceptors (Lipinski definition) is 4. The molecule has 2 rings (SSSR count). The highest BCUT2D eigenvalue weighted by atomic mass is 16.2. The maximum Gasteiger partial charge on any atom is 0.241 e. The van der Waals surface area contributed by atoms with E-state index in [1.54, 1.807) is 18.1 Å². The molecule has 3 N–H and O–H groups in total. The molecule has 0 aliphatic rings. The molecule has 25 heavy (non-hydrogen) atoms. The molecule has 0 fully saturated rings. The highest BCUT2D eigenvalue weighted by Crippen LogP contribution is 2.12. The van der Waals surface area contributed by atoms with Gasteiger partial charge in [-0.15, -0.1) is 0 Å². The van der Waals surface area contributed by atoms with Crippen molar-refractivity contribution in [1.82, 2.24) is 15.2 Å². The summed E-state index contributed by atoms with van der Waals surface area (Å²) in [6.07, 6.45) is 3.28. The normalized spacial score (nSPS) is 10.3. The van der Waals surface area contributed by atoms with E-state index in [2.05, 4.69) is 10.3 Å². The van der Waals surface area contributed by atoms with Gasteiger partial charge in [-0.3, -0.25) is 14.6 Å². The number of amides is 2. The lowest BCUT2D eigenvalue weighted by Crippen LogP contribution is -2.39. The summed E-state index contributed by atoms with van der Waals surface area (Å²) in [5, 5.41) is 2.66. The van der Waals surface area contributed by atoms with Crippen LogP contribution in [0.25, 0.3) is 0 Å². The lowest BCUT2D eigenvalue weighted by molar-refractivity contribution is -0.131. The van der Waals surface area contributed by atoms with E-state index < -0.39 is 0 Å². The van der Waals surface area contributed by atoms with Crippen molar-refractivity contribution in [1.29, 1.82) is 0 Å². The van der Waals surface area contributed by atoms with Gasteiger partial charge in [0.2, 0.25) is 11.8 Å². The predicted octanol–water partition coefficient (Wildman–Crippen LogP) is 1.41. The van der Waals surface area contributed by atoms with E-state index in [9.17, 15) is 9.59 Å². The lowest BCUT2D eigenvalue weighted by Gasteiger charge is -2.17. The molecule has 0 bridgehead atoms. The number of rotatable bonds is 8. The maximum absolute atomic E-state index is 12.1. The Balaban J connectivity index is 1.68. The molecule has 0 radical (unpaired) electrons. The molecule has 1 aromatic heterocycles. The predicted molar refractivity (Wildman–Crippen MR) is 97.8 cm³/mol. The van der Waals surface area contributed by atoms with E-state index in [1.165, 1.54) is 0 Å². The summed E-state index contributed by atoms with van der Waals surface area (Å²) in [7, 11) is 1.72. The van der Waals surface area contributed by atoms with Crippen LogP contribution in [-0.4, -0.2) is 41.8 Å². The first-order valence-corrected chi connectivity index (χ1v) is 8.30. The number of para-hydroxylation sites is 1. The molecule has 6 heteroatoms. The van der Waals surface area contributed by atoms with Crippen LogP contribution in [-0.2, 0) is 22.4 Å². The number of nitrogens with two attached hydrogens (primary N) is 1. The maximum atomic E-state index is 12.1. The Morgan fingerprint density at radius 1 is 1.12 bits per heavy atom. The molecule has 0 atom stereocenters. The van der Waals surface area contributed by atoms with E-state index in [1.807, 2.05) is 42.5 Å². The van der Waals surface area contributed by atoms with Crippen LogP contribution >= 0.6 is 0 Å². The Kier molecular flexibility index (Phi) is 6.95. The van der Waals surface area contributed by atoms with Gasteiger partial charge in [-0.25, -0.2) is 0 Å². The minimum atomic E-state index is -0.158. The van der Waals surface area contributed by atoms with Crippen LogP contribution in [0, 0.1) is 0 Å². The number of carbonyl (C=O) groups is 2. The average molecular weight is 340 g/mol. The quantitative estimate of drug-likeness (QED) is 0.711. The van der Waals surface area contributed by atoms with Crippen LogP contribution in [0.3, 0.4) is 0 Å². The van der Waals surface area contributed by atoms with Gasteiger partial charge >= 0.3 is 0 Å². The number of benzene rings is 1. The Labute approximate surface area is 148 Å². The molecule has 0 spiro atoms. The molecule has 0 aliphatic carbocycles. The van der Waals surface area contributed by atoms with Crippen LogP contribution in [0.15, 0.2) is 48.7 Å². The van der Waals surface area contributed by atoms with Gasteiger partial charge in [0.05, 0.1) is 6.54 Å². The summed E-state index contributed by atoms with van der Waals surface area (Å²) in [6, 6.07) is 13.2. The molecule has 0 saturated heterocycles. The van der Waals surface area contributed by atoms with Crippen LogP contribution in [0.5, 0.6) is 0 Å². The van der Waals surface area contributed by atoms with E-state index in [4.69, 9.17) is 5.73 Å². The summed E-state index contributed by atoms with van der Waals surface area (Å²) in [6.45, 7) is 0.564. The SMILES string of the molecule is CN(CCc1ccccn1)C(=O)CNC(=O)CCc1ccccc1N. The first-order chi connectivity index (χ1) is 12.1. The first kappa shape index (κ1) is 18.4. The number of aromatic nitrogens is 1. The monoisotopic (exact) mass is 340 g/mol. The van der Waals surface area contributed by atoms with Gasteiger partial charge in [-0.1, -0.05) is 24.3 Å². The molecule has 0 aliphatic heterocycles. The fourth-order valence-corrected chi connectivity index (χ4v) is 2.36. The number of aryl methyl sites for hydroxylation is 1. The second kappa shape index (κ2) is 9.42. The topological polar surface area (TPSA) is 88.3 Å². The van der Waals surface area contributed by atoms with Crippen LogP contribution in [0.4, 0.5) is 5.69 Å². The summed E-state index contributed by atoms with van der Waals surface area (Å²) < 4.78 is 0. The van der Waals surface area contributed by atoms with Gasteiger partial charge in [0.25, 0.3) is 0 Å². The Morgan fingerprint density at radius 3 is 2.60 bits per heavy atom. The van der Waals surface area contributed by atoms with Crippen molar-refractivity contribution in [3.63, 3.8) is 0 Å². The minimum absolute atomic E-state index is 0.00181. The second-order valence-corrected chi connectivity index (χ2v) is 5.86. The second-order valence-electron chi connectivity index (χ2n) is 5.86. The fourth-order valence-electron chi connectivity index (χ4n) is 2.36. The number of nitrogens with one attached hydrogen (secondary N) is 1. The van der Waals surface area contributed by atoms with Crippen molar-refractivity contribution >= 4 is 17.5 Å². The highest BCUT2D eigenvalue weighted by molar-refractivity contribution is 5.84. The Hall–Kier alpha value is -2.89.